The highest BCUT2D eigenvalue weighted by molar-refractivity contribution is 5.90. The largest absolute Gasteiger partial charge is 0.391 e. The van der Waals surface area contributed by atoms with Gasteiger partial charge in [-0.25, -0.2) is 4.68 Å². The number of hydrogen-bond donors (Lipinski definition) is 2. The third kappa shape index (κ3) is 6.31. The molecule has 196 valence electrons. The van der Waals surface area contributed by atoms with E-state index in [1.165, 1.54) is 10.5 Å². The van der Waals surface area contributed by atoms with Crippen LogP contribution in [0.5, 0.6) is 0 Å². The van der Waals surface area contributed by atoms with E-state index in [1.807, 2.05) is 39.1 Å². The Balaban J connectivity index is 1.42. The topological polar surface area (TPSA) is 104 Å². The van der Waals surface area contributed by atoms with Crippen molar-refractivity contribution in [3.63, 3.8) is 0 Å². The lowest BCUT2D eigenvalue weighted by Crippen LogP contribution is -2.50. The van der Waals surface area contributed by atoms with Crippen LogP contribution in [0.4, 0.5) is 0 Å². The molecule has 4 rings (SSSR count). The van der Waals surface area contributed by atoms with Crippen molar-refractivity contribution in [1.29, 1.82) is 0 Å². The van der Waals surface area contributed by atoms with Crippen LogP contribution in [0.15, 0.2) is 30.5 Å². The fraction of sp³-hybridized carbons (Fsp3) is 0.630. The molecule has 1 saturated carbocycles. The summed E-state index contributed by atoms with van der Waals surface area (Å²) in [5.41, 5.74) is 2.71. The highest BCUT2D eigenvalue weighted by Gasteiger charge is 2.45. The second kappa shape index (κ2) is 10.7. The maximum atomic E-state index is 13.8. The Labute approximate surface area is 213 Å². The molecule has 2 aromatic rings. The summed E-state index contributed by atoms with van der Waals surface area (Å²) in [6.07, 6.45) is 4.54. The minimum Gasteiger partial charge on any atom is -0.391 e. The average molecular weight is 497 g/mol. The highest BCUT2D eigenvalue weighted by atomic mass is 16.3. The lowest BCUT2D eigenvalue weighted by Gasteiger charge is -2.34. The Morgan fingerprint density at radius 3 is 2.44 bits per heavy atom. The minimum atomic E-state index is -0.737. The van der Waals surface area contributed by atoms with Crippen LogP contribution in [-0.4, -0.2) is 81.0 Å². The summed E-state index contributed by atoms with van der Waals surface area (Å²) in [4.78, 5) is 30.7. The first-order valence-corrected chi connectivity index (χ1v) is 12.9. The number of aliphatic hydroxyl groups is 1. The van der Waals surface area contributed by atoms with Gasteiger partial charge in [0.25, 0.3) is 0 Å². The van der Waals surface area contributed by atoms with E-state index in [1.54, 1.807) is 4.68 Å². The van der Waals surface area contributed by atoms with Gasteiger partial charge in [-0.1, -0.05) is 50.3 Å². The number of carbonyl (C=O) groups is 2. The number of aromatic nitrogens is 3. The number of benzene rings is 1. The fourth-order valence-electron chi connectivity index (χ4n) is 4.81. The van der Waals surface area contributed by atoms with Crippen molar-refractivity contribution in [1.82, 2.24) is 30.1 Å². The number of aliphatic hydroxyl groups excluding tert-OH is 1. The number of β-amino-alcohol motifs (C(OH)–C–C–N with tert-alkyl or cyclic N) is 1. The molecule has 0 spiro atoms. The average Bonchev–Trinajstić information content (AvgIpc) is 3.43. The van der Waals surface area contributed by atoms with Crippen LogP contribution in [0, 0.1) is 5.41 Å². The van der Waals surface area contributed by atoms with Crippen LogP contribution in [0.25, 0.3) is 0 Å². The quantitative estimate of drug-likeness (QED) is 0.551. The molecule has 1 aromatic carbocycles. The first kappa shape index (κ1) is 26.3. The predicted molar refractivity (Wildman–Crippen MR) is 137 cm³/mol. The zero-order valence-electron chi connectivity index (χ0n) is 22.1. The molecule has 2 aliphatic rings. The fourth-order valence-corrected chi connectivity index (χ4v) is 4.81. The maximum absolute atomic E-state index is 13.8. The van der Waals surface area contributed by atoms with E-state index in [9.17, 15) is 14.7 Å². The molecular weight excluding hydrogens is 456 g/mol. The van der Waals surface area contributed by atoms with Crippen LogP contribution in [-0.2, 0) is 22.6 Å². The molecule has 36 heavy (non-hydrogen) atoms. The Morgan fingerprint density at radius 1 is 1.17 bits per heavy atom. The van der Waals surface area contributed by atoms with Gasteiger partial charge in [0.15, 0.2) is 0 Å². The molecule has 3 atom stereocenters. The SMILES string of the molecule is CN(C)CCc1ccc(CNC(=O)C2CC(O)CN2C(=O)[C@@H](n2cc(C3CC3)nn2)C(C)(C)C)cc1. The molecule has 0 bridgehead atoms. The zero-order valence-corrected chi connectivity index (χ0v) is 22.1. The number of likely N-dealkylation sites (N-methyl/N-ethyl adjacent to an activating group) is 1. The number of hydrogen-bond acceptors (Lipinski definition) is 6. The van der Waals surface area contributed by atoms with E-state index in [0.717, 1.165) is 37.1 Å². The lowest BCUT2D eigenvalue weighted by molar-refractivity contribution is -0.144. The first-order chi connectivity index (χ1) is 17.0. The van der Waals surface area contributed by atoms with Crippen molar-refractivity contribution in [2.75, 3.05) is 27.2 Å². The van der Waals surface area contributed by atoms with Crippen LogP contribution in [0.3, 0.4) is 0 Å². The van der Waals surface area contributed by atoms with E-state index in [2.05, 4.69) is 46.8 Å². The molecule has 1 aromatic heterocycles. The smallest absolute Gasteiger partial charge is 0.248 e. The molecule has 2 unspecified atom stereocenters. The highest BCUT2D eigenvalue weighted by Crippen LogP contribution is 2.40. The first-order valence-electron chi connectivity index (χ1n) is 12.9. The molecule has 2 fully saturated rings. The third-order valence-corrected chi connectivity index (χ3v) is 7.04. The van der Waals surface area contributed by atoms with Crippen molar-refractivity contribution in [3.05, 3.63) is 47.3 Å². The normalized spacial score (nSPS) is 21.1. The van der Waals surface area contributed by atoms with Gasteiger partial charge in [0, 0.05) is 38.2 Å². The molecule has 2 amide bonds. The van der Waals surface area contributed by atoms with Gasteiger partial charge in [-0.15, -0.1) is 5.10 Å². The standard InChI is InChI=1S/C27H40N6O3/c1-27(2,3)24(33-17-22(29-30-33)20-10-11-20)26(36)32-16-21(34)14-23(32)25(35)28-15-19-8-6-18(7-9-19)12-13-31(4)5/h6-9,17,20-21,23-24,34H,10-16H2,1-5H3,(H,28,35)/t21?,23?,24-/m1/s1. The van der Waals surface area contributed by atoms with Crippen molar-refractivity contribution >= 4 is 11.8 Å². The Hall–Kier alpha value is -2.78. The van der Waals surface area contributed by atoms with Crippen molar-refractivity contribution in [2.24, 2.45) is 5.41 Å². The van der Waals surface area contributed by atoms with E-state index in [-0.39, 0.29) is 24.8 Å². The van der Waals surface area contributed by atoms with Crippen molar-refractivity contribution in [3.8, 4) is 0 Å². The Bertz CT molecular complexity index is 1050. The van der Waals surface area contributed by atoms with Crippen LogP contribution < -0.4 is 5.32 Å². The van der Waals surface area contributed by atoms with Gasteiger partial charge in [0.05, 0.1) is 11.8 Å². The summed E-state index contributed by atoms with van der Waals surface area (Å²) in [6.45, 7) is 7.44. The minimum absolute atomic E-state index is 0.133. The summed E-state index contributed by atoms with van der Waals surface area (Å²) < 4.78 is 1.65. The summed E-state index contributed by atoms with van der Waals surface area (Å²) in [6, 6.07) is 6.88. The van der Waals surface area contributed by atoms with Gasteiger partial charge in [-0.05, 0) is 49.9 Å². The van der Waals surface area contributed by atoms with Gasteiger partial charge < -0.3 is 20.2 Å². The van der Waals surface area contributed by atoms with Crippen LogP contribution in [0.1, 0.15) is 68.8 Å². The number of nitrogens with one attached hydrogen (secondary N) is 1. The van der Waals surface area contributed by atoms with Gasteiger partial charge in [0.2, 0.25) is 11.8 Å². The van der Waals surface area contributed by atoms with Crippen LogP contribution in [0.2, 0.25) is 0 Å². The van der Waals surface area contributed by atoms with Gasteiger partial charge in [-0.2, -0.15) is 0 Å². The molecule has 9 nitrogen and oxygen atoms in total. The third-order valence-electron chi connectivity index (χ3n) is 7.04. The number of likely N-dealkylation sites (tertiary alicyclic amines) is 1. The van der Waals surface area contributed by atoms with Crippen molar-refractivity contribution in [2.45, 2.75) is 77.1 Å². The molecule has 2 heterocycles. The van der Waals surface area contributed by atoms with Gasteiger partial charge >= 0.3 is 0 Å². The van der Waals surface area contributed by atoms with E-state index in [0.29, 0.717) is 12.5 Å². The second-order valence-electron chi connectivity index (χ2n) is 11.6. The summed E-state index contributed by atoms with van der Waals surface area (Å²) in [5, 5.41) is 22.0. The molecule has 0 radical (unpaired) electrons. The molecule has 9 heteroatoms. The monoisotopic (exact) mass is 496 g/mol. The number of nitrogens with zero attached hydrogens (tertiary/aromatic N) is 5. The number of rotatable bonds is 9. The Kier molecular flexibility index (Phi) is 7.80. The molecular formula is C27H40N6O3. The predicted octanol–water partition coefficient (Wildman–Crippen LogP) is 2.12. The van der Waals surface area contributed by atoms with Gasteiger partial charge in [0.1, 0.15) is 12.1 Å². The molecule has 1 aliphatic heterocycles. The summed E-state index contributed by atoms with van der Waals surface area (Å²) >= 11 is 0. The summed E-state index contributed by atoms with van der Waals surface area (Å²) in [7, 11) is 4.11. The number of amides is 2. The zero-order chi connectivity index (χ0) is 26.0. The van der Waals surface area contributed by atoms with E-state index >= 15 is 0 Å². The maximum Gasteiger partial charge on any atom is 0.248 e. The van der Waals surface area contributed by atoms with E-state index in [4.69, 9.17) is 0 Å². The van der Waals surface area contributed by atoms with Crippen LogP contribution >= 0.6 is 0 Å². The molecule has 1 saturated heterocycles. The molecule has 2 N–H and O–H groups in total. The Morgan fingerprint density at radius 2 is 1.83 bits per heavy atom. The van der Waals surface area contributed by atoms with E-state index < -0.39 is 23.6 Å². The lowest BCUT2D eigenvalue weighted by atomic mass is 9.85. The van der Waals surface area contributed by atoms with Crippen molar-refractivity contribution < 1.29 is 14.7 Å². The molecule has 1 aliphatic carbocycles. The summed E-state index contributed by atoms with van der Waals surface area (Å²) in [5.74, 6) is -0.0261. The second-order valence-corrected chi connectivity index (χ2v) is 11.6. The number of carbonyl (C=O) groups excluding carboxylic acids is 2. The van der Waals surface area contributed by atoms with Gasteiger partial charge in [-0.3, -0.25) is 9.59 Å².